The van der Waals surface area contributed by atoms with Gasteiger partial charge in [-0.05, 0) is 49.8 Å². The van der Waals surface area contributed by atoms with Crippen molar-refractivity contribution in [3.05, 3.63) is 29.3 Å². The first-order valence-corrected chi connectivity index (χ1v) is 7.46. The summed E-state index contributed by atoms with van der Waals surface area (Å²) in [5.74, 6) is 0. The highest BCUT2D eigenvalue weighted by molar-refractivity contribution is 5.54. The van der Waals surface area contributed by atoms with Crippen LogP contribution in [-0.4, -0.2) is 25.3 Å². The molecular weight excluding hydrogens is 236 g/mol. The SMILES string of the molecule is CC1(CNCc2ccc3c(c2)CCCN3)CCCO1. The fraction of sp³-hybridized carbons (Fsp3) is 0.625. The van der Waals surface area contributed by atoms with Crippen molar-refractivity contribution in [2.45, 2.75) is 44.8 Å². The van der Waals surface area contributed by atoms with Crippen LogP contribution in [0.2, 0.25) is 0 Å². The molecule has 1 atom stereocenters. The minimum Gasteiger partial charge on any atom is -0.385 e. The Labute approximate surface area is 115 Å². The largest absolute Gasteiger partial charge is 0.385 e. The van der Waals surface area contributed by atoms with E-state index in [2.05, 4.69) is 35.8 Å². The second-order valence-electron chi connectivity index (χ2n) is 6.03. The highest BCUT2D eigenvalue weighted by atomic mass is 16.5. The molecule has 0 radical (unpaired) electrons. The molecule has 0 aliphatic carbocycles. The fourth-order valence-corrected chi connectivity index (χ4v) is 3.09. The molecule has 3 nitrogen and oxygen atoms in total. The number of aryl methyl sites for hydroxylation is 1. The first-order chi connectivity index (χ1) is 9.25. The molecule has 2 N–H and O–H groups in total. The van der Waals surface area contributed by atoms with Gasteiger partial charge in [0.2, 0.25) is 0 Å². The molecule has 0 amide bonds. The first-order valence-electron chi connectivity index (χ1n) is 7.46. The Kier molecular flexibility index (Phi) is 3.76. The summed E-state index contributed by atoms with van der Waals surface area (Å²) in [7, 11) is 0. The third kappa shape index (κ3) is 3.10. The summed E-state index contributed by atoms with van der Waals surface area (Å²) in [5, 5.41) is 7.00. The minimum absolute atomic E-state index is 0.0514. The lowest BCUT2D eigenvalue weighted by Gasteiger charge is -2.24. The van der Waals surface area contributed by atoms with E-state index in [1.165, 1.54) is 42.5 Å². The van der Waals surface area contributed by atoms with Crippen molar-refractivity contribution in [3.8, 4) is 0 Å². The van der Waals surface area contributed by atoms with Gasteiger partial charge in [0.1, 0.15) is 0 Å². The van der Waals surface area contributed by atoms with E-state index in [0.717, 1.165) is 26.2 Å². The van der Waals surface area contributed by atoms with Gasteiger partial charge in [0.05, 0.1) is 5.60 Å². The normalized spacial score (nSPS) is 25.9. The van der Waals surface area contributed by atoms with Crippen LogP contribution in [0.15, 0.2) is 18.2 Å². The minimum atomic E-state index is 0.0514. The first kappa shape index (κ1) is 12.9. The van der Waals surface area contributed by atoms with Crippen LogP contribution in [0.3, 0.4) is 0 Å². The molecule has 2 aliphatic heterocycles. The quantitative estimate of drug-likeness (QED) is 0.873. The van der Waals surface area contributed by atoms with Crippen molar-refractivity contribution < 1.29 is 4.74 Å². The van der Waals surface area contributed by atoms with E-state index in [1.54, 1.807) is 0 Å². The van der Waals surface area contributed by atoms with Gasteiger partial charge in [-0.3, -0.25) is 0 Å². The number of fused-ring (bicyclic) bond motifs is 1. The molecule has 3 rings (SSSR count). The van der Waals surface area contributed by atoms with Gasteiger partial charge < -0.3 is 15.4 Å². The second-order valence-corrected chi connectivity index (χ2v) is 6.03. The maximum absolute atomic E-state index is 5.80. The van der Waals surface area contributed by atoms with E-state index < -0.39 is 0 Å². The molecule has 1 unspecified atom stereocenters. The molecular formula is C16H24N2O. The maximum Gasteiger partial charge on any atom is 0.0779 e. The lowest BCUT2D eigenvalue weighted by Crippen LogP contribution is -2.36. The van der Waals surface area contributed by atoms with Crippen LogP contribution in [0.1, 0.15) is 37.3 Å². The van der Waals surface area contributed by atoms with Gasteiger partial charge >= 0.3 is 0 Å². The summed E-state index contributed by atoms with van der Waals surface area (Å²) < 4.78 is 5.80. The molecule has 1 aromatic carbocycles. The number of nitrogens with one attached hydrogen (secondary N) is 2. The summed E-state index contributed by atoms with van der Waals surface area (Å²) in [6, 6.07) is 6.79. The van der Waals surface area contributed by atoms with Crippen molar-refractivity contribution in [2.24, 2.45) is 0 Å². The molecule has 2 aliphatic rings. The van der Waals surface area contributed by atoms with Gasteiger partial charge in [0.25, 0.3) is 0 Å². The van der Waals surface area contributed by atoms with E-state index in [4.69, 9.17) is 4.74 Å². The average molecular weight is 260 g/mol. The van der Waals surface area contributed by atoms with Crippen LogP contribution >= 0.6 is 0 Å². The van der Waals surface area contributed by atoms with Crippen LogP contribution in [0.25, 0.3) is 0 Å². The third-order valence-corrected chi connectivity index (χ3v) is 4.24. The fourth-order valence-electron chi connectivity index (χ4n) is 3.09. The van der Waals surface area contributed by atoms with Crippen LogP contribution in [0.5, 0.6) is 0 Å². The molecule has 0 spiro atoms. The Balaban J connectivity index is 1.55. The number of hydrogen-bond acceptors (Lipinski definition) is 3. The summed E-state index contributed by atoms with van der Waals surface area (Å²) in [5.41, 5.74) is 4.22. The van der Waals surface area contributed by atoms with Gasteiger partial charge in [-0.15, -0.1) is 0 Å². The van der Waals surface area contributed by atoms with Crippen molar-refractivity contribution in [1.82, 2.24) is 5.32 Å². The van der Waals surface area contributed by atoms with Crippen LogP contribution in [0.4, 0.5) is 5.69 Å². The molecule has 1 aromatic rings. The van der Waals surface area contributed by atoms with Gasteiger partial charge in [-0.25, -0.2) is 0 Å². The standard InChI is InChI=1S/C16H24N2O/c1-16(7-3-9-19-16)12-17-11-13-5-6-15-14(10-13)4-2-8-18-15/h5-6,10,17-18H,2-4,7-9,11-12H2,1H3. The topological polar surface area (TPSA) is 33.3 Å². The van der Waals surface area contributed by atoms with Gasteiger partial charge in [-0.1, -0.05) is 12.1 Å². The number of benzene rings is 1. The Morgan fingerprint density at radius 1 is 1.37 bits per heavy atom. The zero-order valence-corrected chi connectivity index (χ0v) is 11.8. The lowest BCUT2D eigenvalue weighted by atomic mass is 10.00. The predicted octanol–water partition coefficient (Wildman–Crippen LogP) is 2.70. The van der Waals surface area contributed by atoms with Crippen LogP contribution in [-0.2, 0) is 17.7 Å². The highest BCUT2D eigenvalue weighted by Gasteiger charge is 2.28. The summed E-state index contributed by atoms with van der Waals surface area (Å²) in [4.78, 5) is 0. The monoisotopic (exact) mass is 260 g/mol. The van der Waals surface area contributed by atoms with Crippen molar-refractivity contribution >= 4 is 5.69 Å². The Hall–Kier alpha value is -1.06. The molecule has 0 saturated carbocycles. The second kappa shape index (κ2) is 5.51. The molecule has 1 fully saturated rings. The molecule has 2 heterocycles. The highest BCUT2D eigenvalue weighted by Crippen LogP contribution is 2.25. The van der Waals surface area contributed by atoms with Crippen molar-refractivity contribution in [2.75, 3.05) is 25.0 Å². The van der Waals surface area contributed by atoms with Gasteiger partial charge in [0, 0.05) is 31.9 Å². The maximum atomic E-state index is 5.80. The Morgan fingerprint density at radius 2 is 2.32 bits per heavy atom. The molecule has 0 bridgehead atoms. The zero-order chi connectivity index (χ0) is 13.1. The van der Waals surface area contributed by atoms with E-state index in [-0.39, 0.29) is 5.60 Å². The molecule has 104 valence electrons. The summed E-state index contributed by atoms with van der Waals surface area (Å²) >= 11 is 0. The van der Waals surface area contributed by atoms with E-state index >= 15 is 0 Å². The van der Waals surface area contributed by atoms with Crippen LogP contribution in [0, 0.1) is 0 Å². The smallest absolute Gasteiger partial charge is 0.0779 e. The van der Waals surface area contributed by atoms with E-state index in [9.17, 15) is 0 Å². The molecule has 0 aromatic heterocycles. The lowest BCUT2D eigenvalue weighted by molar-refractivity contribution is 0.0207. The van der Waals surface area contributed by atoms with E-state index in [1.807, 2.05) is 0 Å². The van der Waals surface area contributed by atoms with Gasteiger partial charge in [-0.2, -0.15) is 0 Å². The number of rotatable bonds is 4. The molecule has 3 heteroatoms. The average Bonchev–Trinajstić information content (AvgIpc) is 2.86. The third-order valence-electron chi connectivity index (χ3n) is 4.24. The van der Waals surface area contributed by atoms with Crippen LogP contribution < -0.4 is 10.6 Å². The number of hydrogen-bond donors (Lipinski definition) is 2. The zero-order valence-electron chi connectivity index (χ0n) is 11.8. The predicted molar refractivity (Wildman–Crippen MR) is 78.6 cm³/mol. The number of anilines is 1. The van der Waals surface area contributed by atoms with E-state index in [0.29, 0.717) is 0 Å². The van der Waals surface area contributed by atoms with Crippen molar-refractivity contribution in [1.29, 1.82) is 0 Å². The van der Waals surface area contributed by atoms with Gasteiger partial charge in [0.15, 0.2) is 0 Å². The number of ether oxygens (including phenoxy) is 1. The Morgan fingerprint density at radius 3 is 3.16 bits per heavy atom. The summed E-state index contributed by atoms with van der Waals surface area (Å²) in [6.07, 6.45) is 4.82. The molecule has 1 saturated heterocycles. The summed E-state index contributed by atoms with van der Waals surface area (Å²) in [6.45, 7) is 6.13. The van der Waals surface area contributed by atoms with Crippen molar-refractivity contribution in [3.63, 3.8) is 0 Å². The Bertz CT molecular complexity index is 438. The molecule has 19 heavy (non-hydrogen) atoms.